The number of hydrogen-bond donors (Lipinski definition) is 2. The highest BCUT2D eigenvalue weighted by Crippen LogP contribution is 2.29. The van der Waals surface area contributed by atoms with Gasteiger partial charge in [0.15, 0.2) is 0 Å². The van der Waals surface area contributed by atoms with Crippen molar-refractivity contribution >= 4 is 40.0 Å². The van der Waals surface area contributed by atoms with Crippen LogP contribution >= 0.6 is 24.0 Å². The van der Waals surface area contributed by atoms with E-state index in [2.05, 4.69) is 12.6 Å². The number of rotatable bonds is 2. The molecule has 1 N–H and O–H groups in total. The van der Waals surface area contributed by atoms with Crippen molar-refractivity contribution in [1.82, 2.24) is 0 Å². The normalized spacial score (nSPS) is 10.6. The second kappa shape index (κ2) is 3.63. The quantitative estimate of drug-likeness (QED) is 0.769. The molecule has 0 amide bonds. The fourth-order valence-corrected chi connectivity index (χ4v) is 2.87. The average molecular weight is 224 g/mol. The fraction of sp³-hybridized carbons (Fsp3) is 0.100. The molecule has 2 rings (SSSR count). The first kappa shape index (κ1) is 9.55. The van der Waals surface area contributed by atoms with Gasteiger partial charge in [-0.05, 0) is 22.4 Å². The first-order chi connectivity index (χ1) is 6.74. The van der Waals surface area contributed by atoms with E-state index in [1.165, 1.54) is 11.3 Å². The first-order valence-electron chi connectivity index (χ1n) is 4.07. The summed E-state index contributed by atoms with van der Waals surface area (Å²) in [6, 6.07) is 5.33. The van der Waals surface area contributed by atoms with Crippen LogP contribution in [0.5, 0.6) is 0 Å². The van der Waals surface area contributed by atoms with Gasteiger partial charge in [-0.3, -0.25) is 0 Å². The second-order valence-electron chi connectivity index (χ2n) is 2.91. The minimum Gasteiger partial charge on any atom is -0.478 e. The molecule has 0 aliphatic carbocycles. The molecule has 0 aliphatic rings. The molecule has 0 spiro atoms. The van der Waals surface area contributed by atoms with Gasteiger partial charge in [0.25, 0.3) is 0 Å². The molecule has 0 fully saturated rings. The summed E-state index contributed by atoms with van der Waals surface area (Å²) in [5.41, 5.74) is 1.47. The third kappa shape index (κ3) is 1.40. The molecular weight excluding hydrogens is 216 g/mol. The highest BCUT2D eigenvalue weighted by atomic mass is 32.1. The van der Waals surface area contributed by atoms with E-state index in [1.807, 2.05) is 11.4 Å². The van der Waals surface area contributed by atoms with Crippen molar-refractivity contribution < 1.29 is 9.90 Å². The zero-order valence-corrected chi connectivity index (χ0v) is 8.94. The number of aromatic carboxylic acids is 1. The molecule has 4 heteroatoms. The van der Waals surface area contributed by atoms with Crippen molar-refractivity contribution in [3.05, 3.63) is 34.7 Å². The van der Waals surface area contributed by atoms with Gasteiger partial charge in [-0.25, -0.2) is 4.79 Å². The van der Waals surface area contributed by atoms with Gasteiger partial charge in [-0.15, -0.1) is 11.3 Å². The number of hydrogen-bond acceptors (Lipinski definition) is 3. The van der Waals surface area contributed by atoms with E-state index < -0.39 is 5.97 Å². The van der Waals surface area contributed by atoms with Crippen molar-refractivity contribution in [3.8, 4) is 0 Å². The lowest BCUT2D eigenvalue weighted by atomic mass is 10.1. The molecule has 2 nitrogen and oxygen atoms in total. The second-order valence-corrected chi connectivity index (χ2v) is 4.10. The highest BCUT2D eigenvalue weighted by molar-refractivity contribution is 7.79. The Morgan fingerprint density at radius 2 is 2.29 bits per heavy atom. The van der Waals surface area contributed by atoms with E-state index in [4.69, 9.17) is 5.11 Å². The standard InChI is InChI=1S/C10H8O2S2/c11-10(12)8-3-1-2-7-6(4-13)5-14-9(7)8/h1-3,5,13H,4H2,(H,11,12). The van der Waals surface area contributed by atoms with Gasteiger partial charge in [0.05, 0.1) is 5.56 Å². The van der Waals surface area contributed by atoms with Crippen LogP contribution in [0.15, 0.2) is 23.6 Å². The largest absolute Gasteiger partial charge is 0.478 e. The Bertz CT molecular complexity index is 488. The van der Waals surface area contributed by atoms with E-state index in [1.54, 1.807) is 12.1 Å². The minimum absolute atomic E-state index is 0.375. The Labute approximate surface area is 90.6 Å². The van der Waals surface area contributed by atoms with Crippen LogP contribution in [-0.2, 0) is 5.75 Å². The molecule has 0 bridgehead atoms. The molecule has 1 aromatic carbocycles. The maximum absolute atomic E-state index is 10.9. The molecular formula is C10H8O2S2. The van der Waals surface area contributed by atoms with Crippen molar-refractivity contribution in [2.24, 2.45) is 0 Å². The zero-order valence-electron chi connectivity index (χ0n) is 7.23. The van der Waals surface area contributed by atoms with Crippen LogP contribution in [0.1, 0.15) is 15.9 Å². The molecule has 72 valence electrons. The number of thiol groups is 1. The first-order valence-corrected chi connectivity index (χ1v) is 5.58. The van der Waals surface area contributed by atoms with Gasteiger partial charge in [0.2, 0.25) is 0 Å². The molecule has 2 aromatic rings. The van der Waals surface area contributed by atoms with Gasteiger partial charge >= 0.3 is 5.97 Å². The summed E-state index contributed by atoms with van der Waals surface area (Å²) >= 11 is 5.66. The topological polar surface area (TPSA) is 37.3 Å². The lowest BCUT2D eigenvalue weighted by Gasteiger charge is -1.97. The maximum atomic E-state index is 10.9. The molecule has 0 radical (unpaired) electrons. The summed E-state index contributed by atoms with van der Waals surface area (Å²) in [5.74, 6) is -0.230. The molecule has 1 aromatic heterocycles. The molecule has 14 heavy (non-hydrogen) atoms. The predicted octanol–water partition coefficient (Wildman–Crippen LogP) is 3.03. The summed E-state index contributed by atoms with van der Waals surface area (Å²) in [5, 5.41) is 11.9. The zero-order chi connectivity index (χ0) is 10.1. The van der Waals surface area contributed by atoms with Gasteiger partial charge < -0.3 is 5.11 Å². The average Bonchev–Trinajstić information content (AvgIpc) is 2.59. The van der Waals surface area contributed by atoms with Crippen LogP contribution < -0.4 is 0 Å². The lowest BCUT2D eigenvalue weighted by molar-refractivity contribution is 0.0699. The Morgan fingerprint density at radius 3 is 2.93 bits per heavy atom. The maximum Gasteiger partial charge on any atom is 0.337 e. The Hall–Kier alpha value is -1.00. The van der Waals surface area contributed by atoms with Gasteiger partial charge in [-0.2, -0.15) is 12.6 Å². The molecule has 0 saturated heterocycles. The van der Waals surface area contributed by atoms with Crippen LogP contribution in [0.3, 0.4) is 0 Å². The summed E-state index contributed by atoms with van der Waals surface area (Å²) in [6.07, 6.45) is 0. The van der Waals surface area contributed by atoms with E-state index in [-0.39, 0.29) is 0 Å². The number of thiophene rings is 1. The molecule has 0 aliphatic heterocycles. The van der Waals surface area contributed by atoms with Gasteiger partial charge in [0.1, 0.15) is 0 Å². The Kier molecular flexibility index (Phi) is 2.48. The van der Waals surface area contributed by atoms with E-state index in [0.29, 0.717) is 11.3 Å². The number of fused-ring (bicyclic) bond motifs is 1. The summed E-state index contributed by atoms with van der Waals surface area (Å²) < 4.78 is 0.837. The Morgan fingerprint density at radius 1 is 1.50 bits per heavy atom. The fourth-order valence-electron chi connectivity index (χ4n) is 1.40. The van der Waals surface area contributed by atoms with E-state index in [0.717, 1.165) is 15.6 Å². The molecule has 0 unspecified atom stereocenters. The van der Waals surface area contributed by atoms with Gasteiger partial charge in [0, 0.05) is 10.5 Å². The van der Waals surface area contributed by atoms with E-state index >= 15 is 0 Å². The smallest absolute Gasteiger partial charge is 0.337 e. The van der Waals surface area contributed by atoms with Crippen LogP contribution in [0, 0.1) is 0 Å². The minimum atomic E-state index is -0.872. The van der Waals surface area contributed by atoms with Crippen molar-refractivity contribution in [2.75, 3.05) is 0 Å². The van der Waals surface area contributed by atoms with Crippen LogP contribution in [0.2, 0.25) is 0 Å². The summed E-state index contributed by atoms with van der Waals surface area (Å²) in [4.78, 5) is 10.9. The summed E-state index contributed by atoms with van der Waals surface area (Å²) in [6.45, 7) is 0. The number of benzene rings is 1. The van der Waals surface area contributed by atoms with Crippen LogP contribution in [0.4, 0.5) is 0 Å². The van der Waals surface area contributed by atoms with Crippen molar-refractivity contribution in [1.29, 1.82) is 0 Å². The van der Waals surface area contributed by atoms with Crippen LogP contribution in [-0.4, -0.2) is 11.1 Å². The SMILES string of the molecule is O=C(O)c1cccc2c(CS)csc12. The van der Waals surface area contributed by atoms with Crippen LogP contribution in [0.25, 0.3) is 10.1 Å². The van der Waals surface area contributed by atoms with E-state index in [9.17, 15) is 4.79 Å². The van der Waals surface area contributed by atoms with Gasteiger partial charge in [-0.1, -0.05) is 12.1 Å². The van der Waals surface area contributed by atoms with Crippen molar-refractivity contribution in [3.63, 3.8) is 0 Å². The molecule has 1 heterocycles. The Balaban J connectivity index is 2.76. The number of carboxylic acids is 1. The third-order valence-corrected chi connectivity index (χ3v) is 3.50. The highest BCUT2D eigenvalue weighted by Gasteiger charge is 2.11. The monoisotopic (exact) mass is 224 g/mol. The number of carboxylic acid groups (broad SMARTS) is 1. The number of carbonyl (C=O) groups is 1. The lowest BCUT2D eigenvalue weighted by Crippen LogP contribution is -1.95. The third-order valence-electron chi connectivity index (χ3n) is 2.08. The van der Waals surface area contributed by atoms with Crippen molar-refractivity contribution in [2.45, 2.75) is 5.75 Å². The molecule has 0 saturated carbocycles. The predicted molar refractivity (Wildman–Crippen MR) is 61.5 cm³/mol. The molecule has 0 atom stereocenters. The summed E-state index contributed by atoms with van der Waals surface area (Å²) in [7, 11) is 0.